The van der Waals surface area contributed by atoms with E-state index in [1.165, 1.54) is 0 Å². The molecule has 1 aliphatic rings. The molecule has 1 fully saturated rings. The average molecular weight is 241 g/mol. The second-order valence-electron chi connectivity index (χ2n) is 5.58. The topological polar surface area (TPSA) is 44.4 Å². The smallest absolute Gasteiger partial charge is 0.226 e. The molecule has 0 aromatic rings. The van der Waals surface area contributed by atoms with Crippen LogP contribution in [0.4, 0.5) is 0 Å². The van der Waals surface area contributed by atoms with Crippen LogP contribution in [0, 0.1) is 5.41 Å². The highest BCUT2D eigenvalue weighted by molar-refractivity contribution is 5.82. The van der Waals surface area contributed by atoms with Crippen molar-refractivity contribution in [1.29, 1.82) is 0 Å². The van der Waals surface area contributed by atoms with Gasteiger partial charge in [-0.15, -0.1) is 0 Å². The highest BCUT2D eigenvalue weighted by atomic mass is 16.2. The van der Waals surface area contributed by atoms with Crippen molar-refractivity contribution in [2.24, 2.45) is 5.41 Å². The van der Waals surface area contributed by atoms with Crippen LogP contribution in [-0.2, 0) is 4.79 Å². The summed E-state index contributed by atoms with van der Waals surface area (Å²) in [7, 11) is 4.16. The van der Waals surface area contributed by atoms with Crippen molar-refractivity contribution >= 4 is 5.91 Å². The molecule has 0 saturated carbocycles. The van der Waals surface area contributed by atoms with E-state index in [0.717, 1.165) is 51.9 Å². The molecule has 100 valence electrons. The lowest BCUT2D eigenvalue weighted by Crippen LogP contribution is -2.46. The lowest BCUT2D eigenvalue weighted by molar-refractivity contribution is -0.131. The Bertz CT molecular complexity index is 235. The fourth-order valence-corrected chi connectivity index (χ4v) is 2.17. The highest BCUT2D eigenvalue weighted by Gasteiger charge is 2.33. The zero-order valence-corrected chi connectivity index (χ0v) is 11.5. The third-order valence-corrected chi connectivity index (χ3v) is 3.57. The molecule has 1 heterocycles. The largest absolute Gasteiger partial charge is 0.356 e. The summed E-state index contributed by atoms with van der Waals surface area (Å²) in [5, 5.41) is 6.38. The van der Waals surface area contributed by atoms with Crippen LogP contribution in [0.2, 0.25) is 0 Å². The number of amides is 1. The van der Waals surface area contributed by atoms with Gasteiger partial charge in [0.05, 0.1) is 0 Å². The molecule has 0 atom stereocenters. The Balaban J connectivity index is 2.15. The Morgan fingerprint density at radius 2 is 1.94 bits per heavy atom. The molecule has 0 unspecified atom stereocenters. The van der Waals surface area contributed by atoms with E-state index in [1.54, 1.807) is 0 Å². The van der Waals surface area contributed by atoms with Gasteiger partial charge in [0.1, 0.15) is 0 Å². The van der Waals surface area contributed by atoms with E-state index in [9.17, 15) is 4.79 Å². The van der Waals surface area contributed by atoms with Crippen LogP contribution >= 0.6 is 0 Å². The van der Waals surface area contributed by atoms with Crippen LogP contribution < -0.4 is 10.6 Å². The molecule has 0 bridgehead atoms. The van der Waals surface area contributed by atoms with Crippen LogP contribution in [-0.4, -0.2) is 51.1 Å². The van der Waals surface area contributed by atoms with E-state index < -0.39 is 0 Å². The molecule has 0 radical (unpaired) electrons. The summed E-state index contributed by atoms with van der Waals surface area (Å²) in [4.78, 5) is 14.2. The molecule has 0 aromatic heterocycles. The van der Waals surface area contributed by atoms with E-state index in [1.807, 2.05) is 0 Å². The van der Waals surface area contributed by atoms with Crippen LogP contribution in [0.3, 0.4) is 0 Å². The van der Waals surface area contributed by atoms with E-state index in [-0.39, 0.29) is 11.3 Å². The van der Waals surface area contributed by atoms with Crippen LogP contribution in [0.5, 0.6) is 0 Å². The maximum absolute atomic E-state index is 12.1. The Morgan fingerprint density at radius 3 is 2.53 bits per heavy atom. The van der Waals surface area contributed by atoms with Crippen molar-refractivity contribution in [3.63, 3.8) is 0 Å². The van der Waals surface area contributed by atoms with Gasteiger partial charge in [0.2, 0.25) is 5.91 Å². The summed E-state index contributed by atoms with van der Waals surface area (Å²) >= 11 is 0. The van der Waals surface area contributed by atoms with Crippen molar-refractivity contribution in [1.82, 2.24) is 15.5 Å². The predicted octanol–water partition coefficient (Wildman–Crippen LogP) is 0.834. The summed E-state index contributed by atoms with van der Waals surface area (Å²) < 4.78 is 0. The summed E-state index contributed by atoms with van der Waals surface area (Å²) in [6.07, 6.45) is 4.12. The zero-order valence-electron chi connectivity index (χ0n) is 11.5. The van der Waals surface area contributed by atoms with Gasteiger partial charge in [0, 0.05) is 12.0 Å². The minimum Gasteiger partial charge on any atom is -0.356 e. The molecule has 17 heavy (non-hydrogen) atoms. The van der Waals surface area contributed by atoms with Crippen molar-refractivity contribution in [2.45, 2.75) is 32.6 Å². The van der Waals surface area contributed by atoms with Crippen LogP contribution in [0.15, 0.2) is 0 Å². The molecule has 1 amide bonds. The van der Waals surface area contributed by atoms with Gasteiger partial charge in [-0.25, -0.2) is 0 Å². The van der Waals surface area contributed by atoms with Gasteiger partial charge in [-0.3, -0.25) is 4.79 Å². The monoisotopic (exact) mass is 241 g/mol. The maximum atomic E-state index is 12.1. The van der Waals surface area contributed by atoms with E-state index >= 15 is 0 Å². The number of nitrogens with zero attached hydrogens (tertiary/aromatic N) is 1. The van der Waals surface area contributed by atoms with E-state index in [2.05, 4.69) is 36.6 Å². The van der Waals surface area contributed by atoms with Crippen molar-refractivity contribution in [3.8, 4) is 0 Å². The third-order valence-electron chi connectivity index (χ3n) is 3.57. The Labute approximate surface area is 105 Å². The van der Waals surface area contributed by atoms with Gasteiger partial charge in [0.15, 0.2) is 0 Å². The molecule has 1 aliphatic heterocycles. The standard InChI is InChI=1S/C13H27N3O/c1-13(6-9-14-10-7-13)12(17)15-8-4-5-11-16(2)3/h14H,4-11H2,1-3H3,(H,15,17). The minimum absolute atomic E-state index is 0.146. The minimum atomic E-state index is -0.146. The van der Waals surface area contributed by atoms with Gasteiger partial charge >= 0.3 is 0 Å². The summed E-state index contributed by atoms with van der Waals surface area (Å²) in [5.41, 5.74) is -0.146. The molecular formula is C13H27N3O. The van der Waals surface area contributed by atoms with E-state index in [4.69, 9.17) is 0 Å². The molecule has 1 rings (SSSR count). The molecule has 2 N–H and O–H groups in total. The average Bonchev–Trinajstić information content (AvgIpc) is 2.29. The van der Waals surface area contributed by atoms with Gasteiger partial charge < -0.3 is 15.5 Å². The van der Waals surface area contributed by atoms with Crippen molar-refractivity contribution in [2.75, 3.05) is 40.3 Å². The van der Waals surface area contributed by atoms with Crippen LogP contribution in [0.1, 0.15) is 32.6 Å². The molecular weight excluding hydrogens is 214 g/mol. The number of rotatable bonds is 6. The number of nitrogens with one attached hydrogen (secondary N) is 2. The number of carbonyl (C=O) groups is 1. The molecule has 0 aromatic carbocycles. The van der Waals surface area contributed by atoms with Gasteiger partial charge in [-0.2, -0.15) is 0 Å². The third kappa shape index (κ3) is 5.04. The lowest BCUT2D eigenvalue weighted by atomic mass is 9.80. The molecule has 4 nitrogen and oxygen atoms in total. The fourth-order valence-electron chi connectivity index (χ4n) is 2.17. The first-order valence-corrected chi connectivity index (χ1v) is 6.68. The molecule has 1 saturated heterocycles. The molecule has 0 aliphatic carbocycles. The Morgan fingerprint density at radius 1 is 1.29 bits per heavy atom. The van der Waals surface area contributed by atoms with Gasteiger partial charge in [0.25, 0.3) is 0 Å². The van der Waals surface area contributed by atoms with Crippen molar-refractivity contribution in [3.05, 3.63) is 0 Å². The van der Waals surface area contributed by atoms with E-state index in [0.29, 0.717) is 0 Å². The highest BCUT2D eigenvalue weighted by Crippen LogP contribution is 2.27. The molecule has 4 heteroatoms. The van der Waals surface area contributed by atoms with Crippen LogP contribution in [0.25, 0.3) is 0 Å². The first kappa shape index (κ1) is 14.5. The second kappa shape index (κ2) is 6.97. The quantitative estimate of drug-likeness (QED) is 0.677. The fraction of sp³-hybridized carbons (Fsp3) is 0.923. The Kier molecular flexibility index (Phi) is 5.92. The Hall–Kier alpha value is -0.610. The molecule has 0 spiro atoms. The second-order valence-corrected chi connectivity index (χ2v) is 5.58. The first-order valence-electron chi connectivity index (χ1n) is 6.68. The maximum Gasteiger partial charge on any atom is 0.226 e. The summed E-state index contributed by atoms with van der Waals surface area (Å²) in [6.45, 7) is 5.92. The summed E-state index contributed by atoms with van der Waals surface area (Å²) in [6, 6.07) is 0. The number of carbonyl (C=O) groups excluding carboxylic acids is 1. The number of hydrogen-bond donors (Lipinski definition) is 2. The first-order chi connectivity index (χ1) is 8.04. The number of hydrogen-bond acceptors (Lipinski definition) is 3. The lowest BCUT2D eigenvalue weighted by Gasteiger charge is -2.32. The van der Waals surface area contributed by atoms with Gasteiger partial charge in [-0.1, -0.05) is 6.92 Å². The number of unbranched alkanes of at least 4 members (excludes halogenated alkanes) is 1. The predicted molar refractivity (Wildman–Crippen MR) is 71.0 cm³/mol. The number of piperidine rings is 1. The van der Waals surface area contributed by atoms with Crippen molar-refractivity contribution < 1.29 is 4.79 Å². The zero-order chi connectivity index (χ0) is 12.7. The van der Waals surface area contributed by atoms with Gasteiger partial charge in [-0.05, 0) is 59.4 Å². The summed E-state index contributed by atoms with van der Waals surface area (Å²) in [5.74, 6) is 0.240. The normalized spacial score (nSPS) is 19.3. The SMILES string of the molecule is CN(C)CCCCNC(=O)C1(C)CCNCC1.